The Morgan fingerprint density at radius 1 is 1.20 bits per heavy atom. The second-order valence-corrected chi connectivity index (χ2v) is 5.67. The summed E-state index contributed by atoms with van der Waals surface area (Å²) < 4.78 is 18.4. The van der Waals surface area contributed by atoms with Gasteiger partial charge in [0.15, 0.2) is 5.82 Å². The maximum Gasteiger partial charge on any atom is 0.257 e. The molecule has 128 valence electrons. The van der Waals surface area contributed by atoms with Gasteiger partial charge in [-0.3, -0.25) is 4.79 Å². The first kappa shape index (κ1) is 16.8. The van der Waals surface area contributed by atoms with Crippen LogP contribution in [0.4, 0.5) is 4.39 Å². The lowest BCUT2D eigenvalue weighted by atomic mass is 10.1. The Balaban J connectivity index is 1.76. The average molecular weight is 339 g/mol. The first-order valence-corrected chi connectivity index (χ1v) is 8.01. The van der Waals surface area contributed by atoms with E-state index in [2.05, 4.69) is 10.1 Å². The third kappa shape index (κ3) is 3.91. The van der Waals surface area contributed by atoms with Gasteiger partial charge in [-0.2, -0.15) is 4.98 Å². The van der Waals surface area contributed by atoms with Crippen molar-refractivity contribution in [3.63, 3.8) is 0 Å². The van der Waals surface area contributed by atoms with E-state index >= 15 is 0 Å². The van der Waals surface area contributed by atoms with E-state index in [1.54, 1.807) is 48.2 Å². The molecule has 0 saturated carbocycles. The van der Waals surface area contributed by atoms with Crippen LogP contribution in [0.5, 0.6) is 0 Å². The highest BCUT2D eigenvalue weighted by molar-refractivity contribution is 5.94. The Morgan fingerprint density at radius 3 is 2.56 bits per heavy atom. The van der Waals surface area contributed by atoms with Crippen molar-refractivity contribution in [1.82, 2.24) is 15.0 Å². The number of carbonyl (C=O) groups is 1. The summed E-state index contributed by atoms with van der Waals surface area (Å²) in [4.78, 5) is 18.5. The smallest absolute Gasteiger partial charge is 0.257 e. The Hall–Kier alpha value is -3.02. The zero-order valence-corrected chi connectivity index (χ0v) is 14.1. The van der Waals surface area contributed by atoms with Gasteiger partial charge in [-0.25, -0.2) is 4.39 Å². The van der Waals surface area contributed by atoms with E-state index in [1.807, 2.05) is 6.92 Å². The van der Waals surface area contributed by atoms with Crippen molar-refractivity contribution >= 4 is 5.91 Å². The van der Waals surface area contributed by atoms with E-state index in [1.165, 1.54) is 12.1 Å². The second kappa shape index (κ2) is 7.25. The average Bonchev–Trinajstić information content (AvgIpc) is 3.06. The third-order valence-corrected chi connectivity index (χ3v) is 3.84. The molecule has 0 atom stereocenters. The van der Waals surface area contributed by atoms with Gasteiger partial charge in [0.05, 0.1) is 0 Å². The minimum absolute atomic E-state index is 0.111. The molecule has 0 N–H and O–H groups in total. The van der Waals surface area contributed by atoms with E-state index in [0.717, 1.165) is 11.1 Å². The summed E-state index contributed by atoms with van der Waals surface area (Å²) in [5.41, 5.74) is 2.07. The molecule has 3 rings (SSSR count). The van der Waals surface area contributed by atoms with Gasteiger partial charge in [0.25, 0.3) is 11.8 Å². The second-order valence-electron chi connectivity index (χ2n) is 5.67. The standard InChI is InChI=1S/C19H18FN3O2/c1-3-23(12-14-5-4-6-17(20)11-14)19(24)16-9-7-15(8-10-16)18-21-13(2)22-25-18/h4-11H,3,12H2,1-2H3. The third-order valence-electron chi connectivity index (χ3n) is 3.84. The molecule has 0 aliphatic heterocycles. The number of hydrogen-bond acceptors (Lipinski definition) is 4. The minimum Gasteiger partial charge on any atom is -0.335 e. The van der Waals surface area contributed by atoms with E-state index in [-0.39, 0.29) is 11.7 Å². The summed E-state index contributed by atoms with van der Waals surface area (Å²) in [7, 11) is 0. The van der Waals surface area contributed by atoms with Gasteiger partial charge in [0, 0.05) is 24.2 Å². The van der Waals surface area contributed by atoms with Crippen LogP contribution in [-0.2, 0) is 6.54 Å². The van der Waals surface area contributed by atoms with Gasteiger partial charge in [0.1, 0.15) is 5.82 Å². The molecule has 25 heavy (non-hydrogen) atoms. The molecule has 5 nitrogen and oxygen atoms in total. The quantitative estimate of drug-likeness (QED) is 0.708. The lowest BCUT2D eigenvalue weighted by Gasteiger charge is -2.21. The van der Waals surface area contributed by atoms with Crippen molar-refractivity contribution in [1.29, 1.82) is 0 Å². The number of aryl methyl sites for hydroxylation is 1. The van der Waals surface area contributed by atoms with Gasteiger partial charge >= 0.3 is 0 Å². The first-order chi connectivity index (χ1) is 12.1. The zero-order chi connectivity index (χ0) is 17.8. The molecular formula is C19H18FN3O2. The zero-order valence-electron chi connectivity index (χ0n) is 14.1. The van der Waals surface area contributed by atoms with Crippen LogP contribution in [0.1, 0.15) is 28.7 Å². The van der Waals surface area contributed by atoms with Gasteiger partial charge in [0.2, 0.25) is 0 Å². The molecule has 6 heteroatoms. The van der Waals surface area contributed by atoms with Crippen molar-refractivity contribution in [2.24, 2.45) is 0 Å². The monoisotopic (exact) mass is 339 g/mol. The molecule has 0 saturated heterocycles. The lowest BCUT2D eigenvalue weighted by molar-refractivity contribution is 0.0752. The van der Waals surface area contributed by atoms with Crippen molar-refractivity contribution < 1.29 is 13.7 Å². The Morgan fingerprint density at radius 2 is 1.96 bits per heavy atom. The Bertz CT molecular complexity index is 874. The van der Waals surface area contributed by atoms with Crippen LogP contribution >= 0.6 is 0 Å². The summed E-state index contributed by atoms with van der Waals surface area (Å²) >= 11 is 0. The number of hydrogen-bond donors (Lipinski definition) is 0. The number of amides is 1. The topological polar surface area (TPSA) is 59.2 Å². The fourth-order valence-electron chi connectivity index (χ4n) is 2.54. The number of benzene rings is 2. The van der Waals surface area contributed by atoms with Crippen LogP contribution in [-0.4, -0.2) is 27.5 Å². The fraction of sp³-hybridized carbons (Fsp3) is 0.211. The fourth-order valence-corrected chi connectivity index (χ4v) is 2.54. The lowest BCUT2D eigenvalue weighted by Crippen LogP contribution is -2.30. The van der Waals surface area contributed by atoms with Gasteiger partial charge in [-0.1, -0.05) is 17.3 Å². The van der Waals surface area contributed by atoms with Crippen molar-refractivity contribution in [3.8, 4) is 11.5 Å². The highest BCUT2D eigenvalue weighted by Crippen LogP contribution is 2.19. The summed E-state index contributed by atoms with van der Waals surface area (Å²) in [5, 5.41) is 3.75. The van der Waals surface area contributed by atoms with Crippen molar-refractivity contribution in [2.45, 2.75) is 20.4 Å². The van der Waals surface area contributed by atoms with Crippen LogP contribution in [0.25, 0.3) is 11.5 Å². The Kier molecular flexibility index (Phi) is 4.88. The molecule has 2 aromatic carbocycles. The number of nitrogens with zero attached hydrogens (tertiary/aromatic N) is 3. The van der Waals surface area contributed by atoms with Gasteiger partial charge < -0.3 is 9.42 Å². The van der Waals surface area contributed by atoms with Crippen LogP contribution < -0.4 is 0 Å². The molecular weight excluding hydrogens is 321 g/mol. The highest BCUT2D eigenvalue weighted by atomic mass is 19.1. The minimum atomic E-state index is -0.305. The maximum absolute atomic E-state index is 13.3. The maximum atomic E-state index is 13.3. The molecule has 0 aliphatic rings. The molecule has 1 aromatic heterocycles. The SMILES string of the molecule is CCN(Cc1cccc(F)c1)C(=O)c1ccc(-c2nc(C)no2)cc1. The summed E-state index contributed by atoms with van der Waals surface area (Å²) in [6.07, 6.45) is 0. The number of aromatic nitrogens is 2. The largest absolute Gasteiger partial charge is 0.335 e. The van der Waals surface area contributed by atoms with Crippen LogP contribution in [0.2, 0.25) is 0 Å². The van der Waals surface area contributed by atoms with Gasteiger partial charge in [-0.05, 0) is 55.8 Å². The molecule has 3 aromatic rings. The number of halogens is 1. The van der Waals surface area contributed by atoms with Crippen molar-refractivity contribution in [3.05, 3.63) is 71.3 Å². The molecule has 1 heterocycles. The van der Waals surface area contributed by atoms with E-state index in [9.17, 15) is 9.18 Å². The van der Waals surface area contributed by atoms with E-state index in [0.29, 0.717) is 30.4 Å². The summed E-state index contributed by atoms with van der Waals surface area (Å²) in [6.45, 7) is 4.53. The molecule has 0 fully saturated rings. The predicted octanol–water partition coefficient (Wildman–Crippen LogP) is 3.85. The molecule has 1 amide bonds. The number of carbonyl (C=O) groups excluding carboxylic acids is 1. The molecule has 0 radical (unpaired) electrons. The van der Waals surface area contributed by atoms with Crippen molar-refractivity contribution in [2.75, 3.05) is 6.54 Å². The predicted molar refractivity (Wildman–Crippen MR) is 91.3 cm³/mol. The summed E-state index contributed by atoms with van der Waals surface area (Å²) in [6, 6.07) is 13.3. The molecule has 0 spiro atoms. The summed E-state index contributed by atoms with van der Waals surface area (Å²) in [5.74, 6) is 0.561. The highest BCUT2D eigenvalue weighted by Gasteiger charge is 2.15. The number of rotatable bonds is 5. The molecule has 0 bridgehead atoms. The van der Waals surface area contributed by atoms with Crippen LogP contribution in [0.3, 0.4) is 0 Å². The molecule has 0 aliphatic carbocycles. The molecule has 0 unspecified atom stereocenters. The van der Waals surface area contributed by atoms with E-state index < -0.39 is 0 Å². The normalized spacial score (nSPS) is 10.7. The van der Waals surface area contributed by atoms with Crippen LogP contribution in [0.15, 0.2) is 53.1 Å². The van der Waals surface area contributed by atoms with Gasteiger partial charge in [-0.15, -0.1) is 0 Å². The Labute approximate surface area is 145 Å². The van der Waals surface area contributed by atoms with E-state index in [4.69, 9.17) is 4.52 Å². The van der Waals surface area contributed by atoms with Crippen LogP contribution in [0, 0.1) is 12.7 Å². The first-order valence-electron chi connectivity index (χ1n) is 8.01.